The molecule has 0 bridgehead atoms. The molecule has 3 rings (SSSR count). The highest BCUT2D eigenvalue weighted by atomic mass is 16.3. The first kappa shape index (κ1) is 14.2. The second-order valence-corrected chi connectivity index (χ2v) is 6.25. The first-order valence-corrected chi connectivity index (χ1v) is 7.66. The average Bonchev–Trinajstić information content (AvgIpc) is 3.17. The van der Waals surface area contributed by atoms with Gasteiger partial charge >= 0.3 is 6.03 Å². The maximum atomic E-state index is 11.9. The number of benzene rings is 1. The van der Waals surface area contributed by atoms with Crippen LogP contribution in [0.2, 0.25) is 0 Å². The number of amides is 2. The lowest BCUT2D eigenvalue weighted by Crippen LogP contribution is -2.45. The van der Waals surface area contributed by atoms with Crippen molar-refractivity contribution in [2.45, 2.75) is 25.3 Å². The minimum absolute atomic E-state index is 0.0386. The number of aliphatic hydroxyl groups is 1. The Morgan fingerprint density at radius 2 is 2.10 bits per heavy atom. The zero-order valence-corrected chi connectivity index (χ0v) is 12.2. The molecule has 1 heterocycles. The summed E-state index contributed by atoms with van der Waals surface area (Å²) < 4.78 is 0. The summed E-state index contributed by atoms with van der Waals surface area (Å²) in [5, 5.41) is 15.2. The van der Waals surface area contributed by atoms with Gasteiger partial charge in [-0.1, -0.05) is 18.2 Å². The van der Waals surface area contributed by atoms with Crippen molar-refractivity contribution >= 4 is 11.7 Å². The van der Waals surface area contributed by atoms with Gasteiger partial charge in [0.05, 0.1) is 6.61 Å². The number of nitrogens with zero attached hydrogens (tertiary/aromatic N) is 1. The van der Waals surface area contributed by atoms with E-state index in [-0.39, 0.29) is 24.1 Å². The second-order valence-electron chi connectivity index (χ2n) is 6.25. The summed E-state index contributed by atoms with van der Waals surface area (Å²) >= 11 is 0. The summed E-state index contributed by atoms with van der Waals surface area (Å²) in [7, 11) is 0. The van der Waals surface area contributed by atoms with E-state index in [1.165, 1.54) is 5.69 Å². The molecule has 1 saturated heterocycles. The molecule has 3 N–H and O–H groups in total. The molecule has 1 unspecified atom stereocenters. The number of carbonyl (C=O) groups excluding carboxylic acids is 1. The van der Waals surface area contributed by atoms with Gasteiger partial charge in [0.2, 0.25) is 0 Å². The summed E-state index contributed by atoms with van der Waals surface area (Å²) in [6.45, 7) is 2.56. The third-order valence-corrected chi connectivity index (χ3v) is 4.56. The fraction of sp³-hybridized carbons (Fsp3) is 0.562. The molecule has 1 aromatic carbocycles. The first-order chi connectivity index (χ1) is 10.2. The van der Waals surface area contributed by atoms with Crippen LogP contribution < -0.4 is 15.5 Å². The van der Waals surface area contributed by atoms with E-state index < -0.39 is 0 Å². The quantitative estimate of drug-likeness (QED) is 0.766. The molecule has 1 atom stereocenters. The molecule has 1 aliphatic heterocycles. The zero-order valence-electron chi connectivity index (χ0n) is 12.2. The lowest BCUT2D eigenvalue weighted by molar-refractivity contribution is 0.202. The summed E-state index contributed by atoms with van der Waals surface area (Å²) in [6, 6.07) is 10.3. The van der Waals surface area contributed by atoms with Gasteiger partial charge in [-0.3, -0.25) is 0 Å². The number of hydrogen-bond acceptors (Lipinski definition) is 3. The van der Waals surface area contributed by atoms with E-state index in [0.29, 0.717) is 6.54 Å². The van der Waals surface area contributed by atoms with Crippen LogP contribution in [0.5, 0.6) is 0 Å². The fourth-order valence-corrected chi connectivity index (χ4v) is 2.82. The highest BCUT2D eigenvalue weighted by molar-refractivity contribution is 5.74. The van der Waals surface area contributed by atoms with Gasteiger partial charge in [-0.2, -0.15) is 0 Å². The van der Waals surface area contributed by atoms with E-state index in [9.17, 15) is 9.90 Å². The first-order valence-electron chi connectivity index (χ1n) is 7.66. The Kier molecular flexibility index (Phi) is 4.01. The maximum absolute atomic E-state index is 11.9. The lowest BCUT2D eigenvalue weighted by atomic mass is 10.1. The van der Waals surface area contributed by atoms with Crippen molar-refractivity contribution in [3.63, 3.8) is 0 Å². The molecule has 2 fully saturated rings. The van der Waals surface area contributed by atoms with Crippen LogP contribution in [0.1, 0.15) is 19.3 Å². The molecule has 2 amide bonds. The molecule has 1 aliphatic carbocycles. The molecule has 5 heteroatoms. The third-order valence-electron chi connectivity index (χ3n) is 4.56. The van der Waals surface area contributed by atoms with Crippen molar-refractivity contribution in [1.29, 1.82) is 0 Å². The monoisotopic (exact) mass is 289 g/mol. The van der Waals surface area contributed by atoms with E-state index in [1.807, 2.05) is 18.2 Å². The van der Waals surface area contributed by atoms with Gasteiger partial charge < -0.3 is 20.6 Å². The minimum atomic E-state index is -0.116. The van der Waals surface area contributed by atoms with E-state index in [2.05, 4.69) is 27.7 Å². The van der Waals surface area contributed by atoms with Crippen molar-refractivity contribution in [2.75, 3.05) is 31.1 Å². The van der Waals surface area contributed by atoms with Crippen molar-refractivity contribution in [3.05, 3.63) is 30.3 Å². The number of urea groups is 1. The average molecular weight is 289 g/mol. The van der Waals surface area contributed by atoms with Crippen molar-refractivity contribution in [3.8, 4) is 0 Å². The van der Waals surface area contributed by atoms with Crippen LogP contribution in [0, 0.1) is 5.41 Å². The van der Waals surface area contributed by atoms with Crippen LogP contribution in [-0.2, 0) is 0 Å². The summed E-state index contributed by atoms with van der Waals surface area (Å²) in [4.78, 5) is 14.2. The Bertz CT molecular complexity index is 488. The van der Waals surface area contributed by atoms with Crippen LogP contribution in [-0.4, -0.2) is 43.4 Å². The molecule has 2 aliphatic rings. The van der Waals surface area contributed by atoms with Gasteiger partial charge in [-0.05, 0) is 31.4 Å². The number of rotatable bonds is 5. The van der Waals surface area contributed by atoms with Gasteiger partial charge in [0.15, 0.2) is 0 Å². The molecule has 114 valence electrons. The summed E-state index contributed by atoms with van der Waals surface area (Å²) in [5.74, 6) is 0. The molecular formula is C16H23N3O2. The van der Waals surface area contributed by atoms with Gasteiger partial charge in [0, 0.05) is 36.8 Å². The van der Waals surface area contributed by atoms with E-state index >= 15 is 0 Å². The largest absolute Gasteiger partial charge is 0.396 e. The van der Waals surface area contributed by atoms with E-state index in [0.717, 1.165) is 32.4 Å². The predicted molar refractivity (Wildman–Crippen MR) is 82.3 cm³/mol. The normalized spacial score (nSPS) is 22.9. The smallest absolute Gasteiger partial charge is 0.315 e. The number of para-hydroxylation sites is 1. The lowest BCUT2D eigenvalue weighted by Gasteiger charge is -2.19. The zero-order chi connectivity index (χ0) is 14.7. The molecule has 21 heavy (non-hydrogen) atoms. The number of anilines is 1. The van der Waals surface area contributed by atoms with Crippen molar-refractivity contribution in [1.82, 2.24) is 10.6 Å². The van der Waals surface area contributed by atoms with Crippen molar-refractivity contribution < 1.29 is 9.90 Å². The Morgan fingerprint density at radius 1 is 1.33 bits per heavy atom. The molecule has 5 nitrogen and oxygen atoms in total. The molecule has 1 aromatic rings. The topological polar surface area (TPSA) is 64.6 Å². The number of nitrogens with one attached hydrogen (secondary N) is 2. The minimum Gasteiger partial charge on any atom is -0.396 e. The number of carbonyl (C=O) groups is 1. The van der Waals surface area contributed by atoms with Crippen LogP contribution >= 0.6 is 0 Å². The Balaban J connectivity index is 1.43. The van der Waals surface area contributed by atoms with Crippen molar-refractivity contribution in [2.24, 2.45) is 5.41 Å². The second kappa shape index (κ2) is 5.93. The van der Waals surface area contributed by atoms with Crippen LogP contribution in [0.25, 0.3) is 0 Å². The Labute approximate surface area is 125 Å². The maximum Gasteiger partial charge on any atom is 0.315 e. The fourth-order valence-electron chi connectivity index (χ4n) is 2.82. The van der Waals surface area contributed by atoms with Crippen LogP contribution in [0.4, 0.5) is 10.5 Å². The van der Waals surface area contributed by atoms with Crippen LogP contribution in [0.3, 0.4) is 0 Å². The number of hydrogen-bond donors (Lipinski definition) is 3. The van der Waals surface area contributed by atoms with Gasteiger partial charge in [-0.15, -0.1) is 0 Å². The third kappa shape index (κ3) is 3.47. The Morgan fingerprint density at radius 3 is 2.76 bits per heavy atom. The van der Waals surface area contributed by atoms with Gasteiger partial charge in [0.1, 0.15) is 0 Å². The molecule has 0 aromatic heterocycles. The molecule has 0 radical (unpaired) electrons. The molecular weight excluding hydrogens is 266 g/mol. The SMILES string of the molecule is O=C(NCC1(CO)CC1)NC1CCN(c2ccccc2)C1. The van der Waals surface area contributed by atoms with Gasteiger partial charge in [-0.25, -0.2) is 4.79 Å². The highest BCUT2D eigenvalue weighted by Gasteiger charge is 2.42. The predicted octanol–water partition coefficient (Wildman–Crippen LogP) is 1.34. The summed E-state index contributed by atoms with van der Waals surface area (Å²) in [5.41, 5.74) is 1.17. The van der Waals surface area contributed by atoms with Crippen LogP contribution in [0.15, 0.2) is 30.3 Å². The highest BCUT2D eigenvalue weighted by Crippen LogP contribution is 2.44. The number of aliphatic hydroxyl groups excluding tert-OH is 1. The van der Waals surface area contributed by atoms with E-state index in [4.69, 9.17) is 0 Å². The molecule has 0 spiro atoms. The summed E-state index contributed by atoms with van der Waals surface area (Å²) in [6.07, 6.45) is 2.98. The Hall–Kier alpha value is -1.75. The van der Waals surface area contributed by atoms with E-state index in [1.54, 1.807) is 0 Å². The standard InChI is InChI=1S/C16H23N3O2/c20-12-16(7-8-16)11-17-15(21)18-13-6-9-19(10-13)14-4-2-1-3-5-14/h1-5,13,20H,6-12H2,(H2,17,18,21). The molecule has 1 saturated carbocycles. The van der Waals surface area contributed by atoms with Gasteiger partial charge in [0.25, 0.3) is 0 Å².